The molecule has 1 aromatic heterocycles. The molecule has 4 heteroatoms. The normalized spacial score (nSPS) is 10.4. The number of pyridine rings is 1. The van der Waals surface area contributed by atoms with Crippen LogP contribution in [0.5, 0.6) is 5.75 Å². The van der Waals surface area contributed by atoms with Crippen LogP contribution in [0.2, 0.25) is 0 Å². The van der Waals surface area contributed by atoms with Gasteiger partial charge in [-0.15, -0.1) is 0 Å². The number of ether oxygens (including phenoxy) is 1. The van der Waals surface area contributed by atoms with Gasteiger partial charge in [0.25, 0.3) is 0 Å². The van der Waals surface area contributed by atoms with Crippen molar-refractivity contribution in [2.45, 2.75) is 6.92 Å². The van der Waals surface area contributed by atoms with E-state index < -0.39 is 0 Å². The highest BCUT2D eigenvalue weighted by molar-refractivity contribution is 7.80. The summed E-state index contributed by atoms with van der Waals surface area (Å²) in [5, 5.41) is 1.00. The largest absolute Gasteiger partial charge is 0.496 e. The molecule has 0 aliphatic heterocycles. The van der Waals surface area contributed by atoms with Crippen molar-refractivity contribution < 1.29 is 4.74 Å². The lowest BCUT2D eigenvalue weighted by molar-refractivity contribution is 0.419. The average molecular weight is 232 g/mol. The van der Waals surface area contributed by atoms with Gasteiger partial charge in [0.15, 0.2) is 0 Å². The van der Waals surface area contributed by atoms with Crippen molar-refractivity contribution >= 4 is 28.1 Å². The first kappa shape index (κ1) is 10.8. The van der Waals surface area contributed by atoms with E-state index in [0.717, 1.165) is 22.2 Å². The molecule has 0 bridgehead atoms. The van der Waals surface area contributed by atoms with E-state index in [2.05, 4.69) is 4.98 Å². The number of nitrogens with zero attached hydrogens (tertiary/aromatic N) is 1. The van der Waals surface area contributed by atoms with Crippen LogP contribution in [0.3, 0.4) is 0 Å². The molecule has 0 saturated heterocycles. The molecule has 0 aliphatic carbocycles. The van der Waals surface area contributed by atoms with Crippen molar-refractivity contribution in [3.63, 3.8) is 0 Å². The highest BCUT2D eigenvalue weighted by atomic mass is 32.1. The van der Waals surface area contributed by atoms with Crippen molar-refractivity contribution in [3.05, 3.63) is 35.5 Å². The van der Waals surface area contributed by atoms with E-state index in [1.165, 1.54) is 0 Å². The van der Waals surface area contributed by atoms with E-state index in [9.17, 15) is 0 Å². The van der Waals surface area contributed by atoms with Crippen LogP contribution in [-0.2, 0) is 0 Å². The van der Waals surface area contributed by atoms with Crippen molar-refractivity contribution in [1.82, 2.24) is 4.98 Å². The zero-order chi connectivity index (χ0) is 11.7. The molecule has 0 fully saturated rings. The number of aryl methyl sites for hydroxylation is 1. The minimum atomic E-state index is 0.313. The predicted octanol–water partition coefficient (Wildman–Crippen LogP) is 2.19. The number of rotatable bonds is 2. The standard InChI is InChI=1S/C12H12N2OS/c1-7-6-9(12(13)16)14-8-4-3-5-10(15-2)11(7)8/h3-6H,1-2H3,(H2,13,16). The van der Waals surface area contributed by atoms with Crippen molar-refractivity contribution in [1.29, 1.82) is 0 Å². The van der Waals surface area contributed by atoms with Crippen LogP contribution in [0.4, 0.5) is 0 Å². The van der Waals surface area contributed by atoms with Crippen molar-refractivity contribution in [3.8, 4) is 5.75 Å². The van der Waals surface area contributed by atoms with Gasteiger partial charge in [-0.05, 0) is 30.7 Å². The Hall–Kier alpha value is -1.68. The van der Waals surface area contributed by atoms with E-state index >= 15 is 0 Å². The Labute approximate surface area is 99.2 Å². The van der Waals surface area contributed by atoms with E-state index in [1.807, 2.05) is 31.2 Å². The molecular weight excluding hydrogens is 220 g/mol. The van der Waals surface area contributed by atoms with Crippen LogP contribution >= 0.6 is 12.2 Å². The Kier molecular flexibility index (Phi) is 2.75. The molecule has 0 aliphatic rings. The number of benzene rings is 1. The molecule has 16 heavy (non-hydrogen) atoms. The zero-order valence-corrected chi connectivity index (χ0v) is 9.97. The van der Waals surface area contributed by atoms with Gasteiger partial charge in [-0.3, -0.25) is 0 Å². The van der Waals surface area contributed by atoms with E-state index in [-0.39, 0.29) is 0 Å². The highest BCUT2D eigenvalue weighted by Gasteiger charge is 2.08. The number of fused-ring (bicyclic) bond motifs is 1. The summed E-state index contributed by atoms with van der Waals surface area (Å²) in [5.74, 6) is 0.817. The highest BCUT2D eigenvalue weighted by Crippen LogP contribution is 2.27. The predicted molar refractivity (Wildman–Crippen MR) is 68.9 cm³/mol. The minimum Gasteiger partial charge on any atom is -0.496 e. The lowest BCUT2D eigenvalue weighted by Gasteiger charge is -2.09. The SMILES string of the molecule is COc1cccc2nc(C(N)=S)cc(C)c12. The lowest BCUT2D eigenvalue weighted by Crippen LogP contribution is -2.12. The summed E-state index contributed by atoms with van der Waals surface area (Å²) in [6.45, 7) is 1.99. The van der Waals surface area contributed by atoms with Crippen LogP contribution < -0.4 is 10.5 Å². The third-order valence-electron chi connectivity index (χ3n) is 2.47. The maximum atomic E-state index is 5.58. The second kappa shape index (κ2) is 4.06. The number of hydrogen-bond acceptors (Lipinski definition) is 3. The molecule has 3 nitrogen and oxygen atoms in total. The summed E-state index contributed by atoms with van der Waals surface area (Å²) < 4.78 is 5.30. The minimum absolute atomic E-state index is 0.313. The van der Waals surface area contributed by atoms with Gasteiger partial charge >= 0.3 is 0 Å². The Bertz CT molecular complexity index is 566. The summed E-state index contributed by atoms with van der Waals surface area (Å²) in [6.07, 6.45) is 0. The first-order valence-corrected chi connectivity index (χ1v) is 5.28. The summed E-state index contributed by atoms with van der Waals surface area (Å²) in [6, 6.07) is 7.62. The average Bonchev–Trinajstić information content (AvgIpc) is 2.27. The molecule has 0 radical (unpaired) electrons. The number of methoxy groups -OCH3 is 1. The second-order valence-corrected chi connectivity index (χ2v) is 3.98. The fourth-order valence-corrected chi connectivity index (χ4v) is 1.85. The molecule has 0 amide bonds. The summed E-state index contributed by atoms with van der Waals surface area (Å²) in [5.41, 5.74) is 8.14. The first-order chi connectivity index (χ1) is 7.63. The van der Waals surface area contributed by atoms with Crippen LogP contribution in [0.15, 0.2) is 24.3 Å². The molecule has 0 unspecified atom stereocenters. The van der Waals surface area contributed by atoms with E-state index in [0.29, 0.717) is 10.7 Å². The fourth-order valence-electron chi connectivity index (χ4n) is 1.74. The van der Waals surface area contributed by atoms with Crippen molar-refractivity contribution in [2.24, 2.45) is 5.73 Å². The summed E-state index contributed by atoms with van der Waals surface area (Å²) in [7, 11) is 1.65. The maximum absolute atomic E-state index is 5.58. The van der Waals surface area contributed by atoms with Gasteiger partial charge in [0.1, 0.15) is 10.7 Å². The van der Waals surface area contributed by atoms with E-state index in [1.54, 1.807) is 7.11 Å². The monoisotopic (exact) mass is 232 g/mol. The number of nitrogens with two attached hydrogens (primary N) is 1. The van der Waals surface area contributed by atoms with Gasteiger partial charge in [-0.1, -0.05) is 18.3 Å². The van der Waals surface area contributed by atoms with Gasteiger partial charge in [0, 0.05) is 5.39 Å². The molecule has 0 spiro atoms. The number of aromatic nitrogens is 1. The molecular formula is C12H12N2OS. The van der Waals surface area contributed by atoms with E-state index in [4.69, 9.17) is 22.7 Å². The number of hydrogen-bond donors (Lipinski definition) is 1. The quantitative estimate of drug-likeness (QED) is 0.806. The Morgan fingerprint density at radius 3 is 2.81 bits per heavy atom. The Morgan fingerprint density at radius 1 is 1.44 bits per heavy atom. The van der Waals surface area contributed by atoms with Crippen LogP contribution in [0.1, 0.15) is 11.3 Å². The Balaban J connectivity index is 2.80. The number of thiocarbonyl (C=S) groups is 1. The van der Waals surface area contributed by atoms with Gasteiger partial charge in [-0.25, -0.2) is 4.98 Å². The first-order valence-electron chi connectivity index (χ1n) is 4.87. The molecule has 1 heterocycles. The topological polar surface area (TPSA) is 48.1 Å². The van der Waals surface area contributed by atoms with Gasteiger partial charge in [0.05, 0.1) is 18.3 Å². The summed E-state index contributed by atoms with van der Waals surface area (Å²) in [4.78, 5) is 4.71. The molecule has 2 rings (SSSR count). The lowest BCUT2D eigenvalue weighted by atomic mass is 10.1. The van der Waals surface area contributed by atoms with Crippen LogP contribution in [0.25, 0.3) is 10.9 Å². The summed E-state index contributed by atoms with van der Waals surface area (Å²) >= 11 is 4.93. The maximum Gasteiger partial charge on any atom is 0.128 e. The Morgan fingerprint density at radius 2 is 2.19 bits per heavy atom. The third-order valence-corrected chi connectivity index (χ3v) is 2.67. The van der Waals surface area contributed by atoms with Crippen LogP contribution in [0, 0.1) is 6.92 Å². The third kappa shape index (κ3) is 1.72. The second-order valence-electron chi connectivity index (χ2n) is 3.54. The van der Waals surface area contributed by atoms with Gasteiger partial charge in [-0.2, -0.15) is 0 Å². The molecule has 2 N–H and O–H groups in total. The molecule has 2 aromatic rings. The molecule has 1 aromatic carbocycles. The smallest absolute Gasteiger partial charge is 0.128 e. The van der Waals surface area contributed by atoms with Gasteiger partial charge < -0.3 is 10.5 Å². The fraction of sp³-hybridized carbons (Fsp3) is 0.167. The van der Waals surface area contributed by atoms with Gasteiger partial charge in [0.2, 0.25) is 0 Å². The molecule has 0 saturated carbocycles. The molecule has 82 valence electrons. The zero-order valence-electron chi connectivity index (χ0n) is 9.15. The van der Waals surface area contributed by atoms with Crippen LogP contribution in [-0.4, -0.2) is 17.1 Å². The van der Waals surface area contributed by atoms with Crippen molar-refractivity contribution in [2.75, 3.05) is 7.11 Å². The molecule has 0 atom stereocenters.